The molecular weight excluding hydrogens is 339 g/mol. The van der Waals surface area contributed by atoms with Crippen LogP contribution < -0.4 is 4.90 Å². The molecule has 2 aliphatic heterocycles. The summed E-state index contributed by atoms with van der Waals surface area (Å²) >= 11 is 0. The number of likely N-dealkylation sites (tertiary alicyclic amines) is 1. The van der Waals surface area contributed by atoms with Crippen molar-refractivity contribution in [3.05, 3.63) is 65.0 Å². The number of aryl methyl sites for hydroxylation is 1. The molecule has 2 aliphatic rings. The second kappa shape index (κ2) is 7.61. The van der Waals surface area contributed by atoms with Crippen molar-refractivity contribution in [2.75, 3.05) is 31.6 Å². The standard InChI is InChI=1S/C23H29FN2O/c1-16-5-3-6-19-20-15-26(14-12-21(20)25(2)23(16)19)13-4-7-22(27)17-8-10-18(24)11-9-17/h3,5-6,8-11,20-22,27H,4,7,12-15H2,1-2H3/t20-,21?,22?/m0/s1. The molecule has 0 radical (unpaired) electrons. The number of anilines is 1. The van der Waals surface area contributed by atoms with Gasteiger partial charge < -0.3 is 14.9 Å². The predicted octanol–water partition coefficient (Wildman–Crippen LogP) is 4.26. The van der Waals surface area contributed by atoms with Crippen molar-refractivity contribution in [1.29, 1.82) is 0 Å². The van der Waals surface area contributed by atoms with Crippen LogP contribution in [0.5, 0.6) is 0 Å². The van der Waals surface area contributed by atoms with Crippen LogP contribution in [0.2, 0.25) is 0 Å². The van der Waals surface area contributed by atoms with E-state index in [2.05, 4.69) is 42.0 Å². The molecule has 0 bridgehead atoms. The summed E-state index contributed by atoms with van der Waals surface area (Å²) in [5.74, 6) is 0.326. The van der Waals surface area contributed by atoms with E-state index in [0.29, 0.717) is 18.4 Å². The molecule has 2 heterocycles. The second-order valence-corrected chi connectivity index (χ2v) is 8.10. The minimum Gasteiger partial charge on any atom is -0.388 e. The third-order valence-corrected chi connectivity index (χ3v) is 6.39. The lowest BCUT2D eigenvalue weighted by Crippen LogP contribution is -2.45. The predicted molar refractivity (Wildman–Crippen MR) is 108 cm³/mol. The topological polar surface area (TPSA) is 26.7 Å². The van der Waals surface area contributed by atoms with Crippen LogP contribution in [0.15, 0.2) is 42.5 Å². The van der Waals surface area contributed by atoms with Crippen molar-refractivity contribution in [2.45, 2.75) is 44.2 Å². The van der Waals surface area contributed by atoms with Crippen LogP contribution >= 0.6 is 0 Å². The van der Waals surface area contributed by atoms with Crippen LogP contribution in [-0.2, 0) is 0 Å². The Labute approximate surface area is 161 Å². The van der Waals surface area contributed by atoms with Gasteiger partial charge in [0.15, 0.2) is 0 Å². The van der Waals surface area contributed by atoms with E-state index in [1.165, 1.54) is 35.4 Å². The minimum atomic E-state index is -0.510. The fraction of sp³-hybridized carbons (Fsp3) is 0.478. The fourth-order valence-corrected chi connectivity index (χ4v) is 4.97. The average Bonchev–Trinajstić information content (AvgIpc) is 2.95. The summed E-state index contributed by atoms with van der Waals surface area (Å²) in [6.45, 7) is 5.43. The maximum atomic E-state index is 13.0. The molecule has 0 aliphatic carbocycles. The van der Waals surface area contributed by atoms with E-state index in [1.54, 1.807) is 12.1 Å². The zero-order chi connectivity index (χ0) is 19.0. The molecule has 1 fully saturated rings. The maximum Gasteiger partial charge on any atom is 0.123 e. The first kappa shape index (κ1) is 18.5. The molecule has 3 nitrogen and oxygen atoms in total. The maximum absolute atomic E-state index is 13.0. The van der Waals surface area contributed by atoms with Crippen LogP contribution in [0.4, 0.5) is 10.1 Å². The van der Waals surface area contributed by atoms with Crippen LogP contribution in [0, 0.1) is 12.7 Å². The molecule has 0 saturated carbocycles. The highest BCUT2D eigenvalue weighted by Crippen LogP contribution is 2.45. The third-order valence-electron chi connectivity index (χ3n) is 6.39. The number of nitrogens with zero attached hydrogens (tertiary/aromatic N) is 2. The number of para-hydroxylation sites is 1. The van der Waals surface area contributed by atoms with Crippen molar-refractivity contribution < 1.29 is 9.50 Å². The van der Waals surface area contributed by atoms with Gasteiger partial charge in [0.1, 0.15) is 5.82 Å². The molecule has 27 heavy (non-hydrogen) atoms. The normalized spacial score (nSPS) is 23.2. The third kappa shape index (κ3) is 3.61. The van der Waals surface area contributed by atoms with Gasteiger partial charge in [-0.1, -0.05) is 30.3 Å². The number of hydrogen-bond donors (Lipinski definition) is 1. The van der Waals surface area contributed by atoms with Gasteiger partial charge in [-0.15, -0.1) is 0 Å². The lowest BCUT2D eigenvalue weighted by Gasteiger charge is -2.38. The summed E-state index contributed by atoms with van der Waals surface area (Å²) in [7, 11) is 2.24. The van der Waals surface area contributed by atoms with Gasteiger partial charge in [-0.2, -0.15) is 0 Å². The van der Waals surface area contributed by atoms with E-state index in [-0.39, 0.29) is 5.82 Å². The fourth-order valence-electron chi connectivity index (χ4n) is 4.97. The van der Waals surface area contributed by atoms with Gasteiger partial charge in [-0.3, -0.25) is 0 Å². The molecule has 0 amide bonds. The molecule has 2 aromatic carbocycles. The largest absolute Gasteiger partial charge is 0.388 e. The van der Waals surface area contributed by atoms with Crippen molar-refractivity contribution in [1.82, 2.24) is 4.90 Å². The highest BCUT2D eigenvalue weighted by atomic mass is 19.1. The minimum absolute atomic E-state index is 0.258. The number of benzene rings is 2. The van der Waals surface area contributed by atoms with Gasteiger partial charge in [0.05, 0.1) is 6.10 Å². The van der Waals surface area contributed by atoms with Crippen LogP contribution in [0.3, 0.4) is 0 Å². The zero-order valence-corrected chi connectivity index (χ0v) is 16.2. The van der Waals surface area contributed by atoms with E-state index in [1.807, 2.05) is 0 Å². The van der Waals surface area contributed by atoms with Gasteiger partial charge >= 0.3 is 0 Å². The molecule has 4 rings (SSSR count). The quantitative estimate of drug-likeness (QED) is 0.854. The van der Waals surface area contributed by atoms with E-state index < -0.39 is 6.10 Å². The first-order valence-electron chi connectivity index (χ1n) is 10.0. The Bertz CT molecular complexity index is 791. The summed E-state index contributed by atoms with van der Waals surface area (Å²) in [6.07, 6.45) is 2.35. The monoisotopic (exact) mass is 368 g/mol. The molecular formula is C23H29FN2O. The number of piperidine rings is 1. The highest BCUT2D eigenvalue weighted by Gasteiger charge is 2.40. The average molecular weight is 368 g/mol. The van der Waals surface area contributed by atoms with Gasteiger partial charge in [-0.25, -0.2) is 4.39 Å². The lowest BCUT2D eigenvalue weighted by atomic mass is 9.88. The molecule has 2 unspecified atom stereocenters. The van der Waals surface area contributed by atoms with E-state index in [4.69, 9.17) is 0 Å². The van der Waals surface area contributed by atoms with Crippen molar-refractivity contribution in [3.63, 3.8) is 0 Å². The number of likely N-dealkylation sites (N-methyl/N-ethyl adjacent to an activating group) is 1. The Morgan fingerprint density at radius 2 is 1.96 bits per heavy atom. The molecule has 1 N–H and O–H groups in total. The van der Waals surface area contributed by atoms with Crippen molar-refractivity contribution in [3.8, 4) is 0 Å². The highest BCUT2D eigenvalue weighted by molar-refractivity contribution is 5.66. The summed E-state index contributed by atoms with van der Waals surface area (Å²) in [5, 5.41) is 10.3. The summed E-state index contributed by atoms with van der Waals surface area (Å²) in [6, 6.07) is 13.5. The first-order chi connectivity index (χ1) is 13.0. The van der Waals surface area contributed by atoms with Crippen molar-refractivity contribution >= 4 is 5.69 Å². The van der Waals surface area contributed by atoms with E-state index in [0.717, 1.165) is 31.6 Å². The Morgan fingerprint density at radius 3 is 2.74 bits per heavy atom. The van der Waals surface area contributed by atoms with Gasteiger partial charge in [0.25, 0.3) is 0 Å². The molecule has 0 aromatic heterocycles. The smallest absolute Gasteiger partial charge is 0.123 e. The number of hydrogen-bond acceptors (Lipinski definition) is 3. The van der Waals surface area contributed by atoms with Gasteiger partial charge in [-0.05, 0) is 61.6 Å². The van der Waals surface area contributed by atoms with Gasteiger partial charge in [0, 0.05) is 37.8 Å². The molecule has 0 spiro atoms. The Hall–Kier alpha value is -1.91. The number of aliphatic hydroxyl groups excluding tert-OH is 1. The molecule has 144 valence electrons. The number of rotatable bonds is 5. The van der Waals surface area contributed by atoms with E-state index >= 15 is 0 Å². The Balaban J connectivity index is 1.34. The van der Waals surface area contributed by atoms with Crippen LogP contribution in [-0.4, -0.2) is 42.7 Å². The molecule has 3 atom stereocenters. The summed E-state index contributed by atoms with van der Waals surface area (Å²) in [4.78, 5) is 5.04. The Morgan fingerprint density at radius 1 is 1.19 bits per heavy atom. The number of aliphatic hydroxyl groups is 1. The lowest BCUT2D eigenvalue weighted by molar-refractivity contribution is 0.145. The summed E-state index contributed by atoms with van der Waals surface area (Å²) in [5.41, 5.74) is 5.11. The zero-order valence-electron chi connectivity index (χ0n) is 16.2. The first-order valence-corrected chi connectivity index (χ1v) is 10.0. The molecule has 2 aromatic rings. The second-order valence-electron chi connectivity index (χ2n) is 8.10. The Kier molecular flexibility index (Phi) is 5.20. The number of fused-ring (bicyclic) bond motifs is 3. The summed E-state index contributed by atoms with van der Waals surface area (Å²) < 4.78 is 13.0. The molecule has 1 saturated heterocycles. The SMILES string of the molecule is Cc1cccc2c1N(C)C1CCN(CCCC(O)c3ccc(F)cc3)C[C@@H]21. The molecule has 4 heteroatoms. The van der Waals surface area contributed by atoms with Crippen LogP contribution in [0.25, 0.3) is 0 Å². The van der Waals surface area contributed by atoms with Gasteiger partial charge in [0.2, 0.25) is 0 Å². The van der Waals surface area contributed by atoms with E-state index in [9.17, 15) is 9.50 Å². The van der Waals surface area contributed by atoms with Crippen LogP contribution in [0.1, 0.15) is 48.0 Å². The van der Waals surface area contributed by atoms with Crippen molar-refractivity contribution in [2.24, 2.45) is 0 Å². The number of halogens is 1.